The van der Waals surface area contributed by atoms with Gasteiger partial charge in [-0.3, -0.25) is 0 Å². The molecule has 1 aliphatic carbocycles. The highest BCUT2D eigenvalue weighted by Gasteiger charge is 2.50. The van der Waals surface area contributed by atoms with Crippen LogP contribution in [0.4, 0.5) is 0 Å². The maximum Gasteiger partial charge on any atom is 0.325 e. The quantitative estimate of drug-likeness (QED) is 0.558. The van der Waals surface area contributed by atoms with Crippen LogP contribution in [0, 0.1) is 5.92 Å². The van der Waals surface area contributed by atoms with Crippen LogP contribution >= 0.6 is 0 Å². The van der Waals surface area contributed by atoms with E-state index in [1.165, 1.54) is 0 Å². The van der Waals surface area contributed by atoms with Crippen LogP contribution in [0.2, 0.25) is 0 Å². The van der Waals surface area contributed by atoms with Crippen molar-refractivity contribution in [2.24, 2.45) is 11.7 Å². The van der Waals surface area contributed by atoms with Gasteiger partial charge in [-0.2, -0.15) is 4.48 Å². The average Bonchev–Trinajstić information content (AvgIpc) is 2.84. The Morgan fingerprint density at radius 1 is 1.31 bits per heavy atom. The topological polar surface area (TPSA) is 60.2 Å². The lowest BCUT2D eigenvalue weighted by Gasteiger charge is -2.32. The molecule has 0 aromatic carbocycles. The highest BCUT2D eigenvalue weighted by Crippen LogP contribution is 2.33. The Labute approximate surface area is 96.4 Å². The molecule has 0 radical (unpaired) electrons. The van der Waals surface area contributed by atoms with Crippen molar-refractivity contribution in [3.8, 4) is 0 Å². The first kappa shape index (κ1) is 11.7. The van der Waals surface area contributed by atoms with Gasteiger partial charge < -0.3 is 5.73 Å². The van der Waals surface area contributed by atoms with Crippen LogP contribution < -0.4 is 5.73 Å². The third-order valence-electron chi connectivity index (χ3n) is 4.42. The van der Waals surface area contributed by atoms with Crippen molar-refractivity contribution in [1.29, 1.82) is 0 Å². The number of hydrogen-bond donors (Lipinski definition) is 1. The van der Waals surface area contributed by atoms with Crippen molar-refractivity contribution < 1.29 is 14.1 Å². The second kappa shape index (κ2) is 4.26. The van der Waals surface area contributed by atoms with E-state index >= 15 is 0 Å². The SMILES string of the molecule is C[C@@H]1CCC[N+]1(C=O)C(=O)[C@@H]1CCC[C@H]1N. The largest absolute Gasteiger partial charge is 0.327 e. The fourth-order valence-electron chi connectivity index (χ4n) is 3.24. The maximum absolute atomic E-state index is 12.5. The molecule has 2 amide bonds. The third-order valence-corrected chi connectivity index (χ3v) is 4.42. The molecule has 0 aromatic heterocycles. The van der Waals surface area contributed by atoms with Crippen molar-refractivity contribution in [1.82, 2.24) is 0 Å². The number of amides is 2. The molecule has 2 N–H and O–H groups in total. The Kier molecular flexibility index (Phi) is 3.13. The molecule has 16 heavy (non-hydrogen) atoms. The molecular weight excluding hydrogens is 204 g/mol. The molecule has 1 aliphatic heterocycles. The summed E-state index contributed by atoms with van der Waals surface area (Å²) in [6.45, 7) is 2.67. The van der Waals surface area contributed by atoms with Gasteiger partial charge in [0, 0.05) is 18.9 Å². The summed E-state index contributed by atoms with van der Waals surface area (Å²) in [5.74, 6) is -0.0178. The van der Waals surface area contributed by atoms with Crippen molar-refractivity contribution in [3.63, 3.8) is 0 Å². The van der Waals surface area contributed by atoms with E-state index in [9.17, 15) is 9.59 Å². The Morgan fingerprint density at radius 2 is 2.06 bits per heavy atom. The predicted octanol–water partition coefficient (Wildman–Crippen LogP) is 0.796. The Balaban J connectivity index is 2.21. The van der Waals surface area contributed by atoms with Gasteiger partial charge in [-0.25, -0.2) is 9.59 Å². The van der Waals surface area contributed by atoms with E-state index in [2.05, 4.69) is 0 Å². The van der Waals surface area contributed by atoms with Crippen molar-refractivity contribution >= 4 is 12.3 Å². The van der Waals surface area contributed by atoms with Crippen LogP contribution in [0.5, 0.6) is 0 Å². The highest BCUT2D eigenvalue weighted by molar-refractivity contribution is 5.79. The first-order valence-electron chi connectivity index (χ1n) is 6.25. The van der Waals surface area contributed by atoms with E-state index in [1.54, 1.807) is 0 Å². The minimum Gasteiger partial charge on any atom is -0.327 e. The number of hydrogen-bond acceptors (Lipinski definition) is 3. The number of quaternary nitrogens is 1. The molecule has 0 spiro atoms. The summed E-state index contributed by atoms with van der Waals surface area (Å²) in [7, 11) is 0. The molecule has 0 bridgehead atoms. The summed E-state index contributed by atoms with van der Waals surface area (Å²) >= 11 is 0. The lowest BCUT2D eigenvalue weighted by molar-refractivity contribution is -0.782. The first-order chi connectivity index (χ1) is 7.62. The number of nitrogens with two attached hydrogens (primary N) is 1. The van der Waals surface area contributed by atoms with E-state index in [1.807, 2.05) is 6.92 Å². The Morgan fingerprint density at radius 3 is 2.50 bits per heavy atom. The molecule has 4 nitrogen and oxygen atoms in total. The fourth-order valence-corrected chi connectivity index (χ4v) is 3.24. The molecule has 1 saturated carbocycles. The second-order valence-corrected chi connectivity index (χ2v) is 5.29. The zero-order chi connectivity index (χ0) is 11.8. The fraction of sp³-hybridized carbons (Fsp3) is 0.833. The van der Waals surface area contributed by atoms with Gasteiger partial charge >= 0.3 is 12.3 Å². The highest BCUT2D eigenvalue weighted by atomic mass is 16.2. The minimum absolute atomic E-state index is 0.0262. The van der Waals surface area contributed by atoms with Gasteiger partial charge in [-0.15, -0.1) is 0 Å². The monoisotopic (exact) mass is 225 g/mol. The number of imide groups is 1. The second-order valence-electron chi connectivity index (χ2n) is 5.29. The van der Waals surface area contributed by atoms with Gasteiger partial charge in [-0.1, -0.05) is 6.42 Å². The smallest absolute Gasteiger partial charge is 0.325 e. The average molecular weight is 225 g/mol. The third kappa shape index (κ3) is 1.60. The number of likely N-dealkylation sites (tertiary alicyclic amines) is 1. The van der Waals surface area contributed by atoms with Gasteiger partial charge in [0.2, 0.25) is 0 Å². The van der Waals surface area contributed by atoms with E-state index < -0.39 is 0 Å². The normalized spacial score (nSPS) is 43.5. The van der Waals surface area contributed by atoms with E-state index in [0.717, 1.165) is 38.5 Å². The van der Waals surface area contributed by atoms with Gasteiger partial charge in [0.15, 0.2) is 0 Å². The van der Waals surface area contributed by atoms with E-state index in [0.29, 0.717) is 6.54 Å². The van der Waals surface area contributed by atoms with E-state index in [4.69, 9.17) is 5.73 Å². The lowest BCUT2D eigenvalue weighted by Crippen LogP contribution is -2.58. The summed E-state index contributed by atoms with van der Waals surface area (Å²) in [5, 5.41) is 0. The Bertz CT molecular complexity index is 305. The van der Waals surface area contributed by atoms with Crippen molar-refractivity contribution in [2.75, 3.05) is 6.54 Å². The summed E-state index contributed by atoms with van der Waals surface area (Å²) in [4.78, 5) is 23.8. The molecule has 1 unspecified atom stereocenters. The maximum atomic E-state index is 12.5. The van der Waals surface area contributed by atoms with Crippen LogP contribution in [0.25, 0.3) is 0 Å². The van der Waals surface area contributed by atoms with Gasteiger partial charge in [0.1, 0.15) is 6.04 Å². The summed E-state index contributed by atoms with van der Waals surface area (Å²) in [6.07, 6.45) is 5.58. The molecule has 2 rings (SSSR count). The van der Waals surface area contributed by atoms with Gasteiger partial charge in [0.25, 0.3) is 0 Å². The van der Waals surface area contributed by atoms with Crippen molar-refractivity contribution in [3.05, 3.63) is 0 Å². The standard InChI is InChI=1S/C12H21N2O2/c1-9-4-3-7-14(9,8-15)12(16)10-5-2-6-11(10)13/h8-11H,2-7,13H2,1H3/q+1/t9-,10-,11-,14?/m1/s1. The molecule has 1 heterocycles. The van der Waals surface area contributed by atoms with Crippen LogP contribution in [0.15, 0.2) is 0 Å². The van der Waals surface area contributed by atoms with Crippen molar-refractivity contribution in [2.45, 2.75) is 51.1 Å². The number of carbonyl (C=O) groups excluding carboxylic acids is 2. The number of carbonyl (C=O) groups is 2. The molecule has 1 saturated heterocycles. The van der Waals surface area contributed by atoms with Gasteiger partial charge in [0.05, 0.1) is 12.5 Å². The minimum atomic E-state index is -0.0919. The summed E-state index contributed by atoms with van der Waals surface area (Å²) in [6, 6.07) is 0.105. The number of nitrogens with zero attached hydrogens (tertiary/aromatic N) is 1. The molecule has 0 aromatic rings. The lowest BCUT2D eigenvalue weighted by atomic mass is 10.0. The van der Waals surface area contributed by atoms with Gasteiger partial charge in [-0.05, 0) is 19.8 Å². The Hall–Kier alpha value is -0.740. The zero-order valence-electron chi connectivity index (χ0n) is 9.89. The number of rotatable bonds is 2. The van der Waals surface area contributed by atoms with Crippen LogP contribution in [0.1, 0.15) is 39.0 Å². The molecular formula is C12H21N2O2+. The molecule has 2 fully saturated rings. The molecule has 90 valence electrons. The molecule has 4 heteroatoms. The molecule has 2 aliphatic rings. The molecule has 4 atom stereocenters. The summed E-state index contributed by atoms with van der Waals surface area (Å²) in [5.41, 5.74) is 5.96. The summed E-state index contributed by atoms with van der Waals surface area (Å²) < 4.78 is 0.0262. The predicted molar refractivity (Wildman–Crippen MR) is 60.2 cm³/mol. The van der Waals surface area contributed by atoms with E-state index in [-0.39, 0.29) is 28.4 Å². The zero-order valence-corrected chi connectivity index (χ0v) is 9.89. The first-order valence-corrected chi connectivity index (χ1v) is 6.25. The van der Waals surface area contributed by atoms with Crippen LogP contribution in [0.3, 0.4) is 0 Å². The van der Waals surface area contributed by atoms with Crippen LogP contribution in [-0.4, -0.2) is 35.4 Å². The van der Waals surface area contributed by atoms with Crippen LogP contribution in [-0.2, 0) is 9.59 Å².